The molecule has 0 radical (unpaired) electrons. The quantitative estimate of drug-likeness (QED) is 0.711. The number of nitrogens with two attached hydrogens (primary N) is 1. The first-order valence-corrected chi connectivity index (χ1v) is 3.46. The van der Waals surface area contributed by atoms with Gasteiger partial charge in [0, 0.05) is 11.4 Å². The van der Waals surface area contributed by atoms with Crippen LogP contribution in [-0.4, -0.2) is 0 Å². The third-order valence-corrected chi connectivity index (χ3v) is 2.08. The van der Waals surface area contributed by atoms with Gasteiger partial charge in [-0.25, -0.2) is 0 Å². The molecule has 1 rings (SSSR count). The van der Waals surface area contributed by atoms with Crippen LogP contribution in [0.5, 0.6) is 0 Å². The zero-order chi connectivity index (χ0) is 5.98. The van der Waals surface area contributed by atoms with Gasteiger partial charge in [0.1, 0.15) is 0 Å². The lowest BCUT2D eigenvalue weighted by atomic mass is 10.5. The number of rotatable bonds is 1. The normalized spacial score (nSPS) is 8.67. The molecule has 1 aromatic rings. The Morgan fingerprint density at radius 1 is 1.56 bits per heavy atom. The summed E-state index contributed by atoms with van der Waals surface area (Å²) in [5, 5.41) is 0. The SMILES string of the molecule is Cl.NCc1ccc(Cl)s1. The Bertz CT molecular complexity index is 175. The first-order chi connectivity index (χ1) is 3.83. The van der Waals surface area contributed by atoms with Crippen LogP contribution in [0.2, 0.25) is 4.34 Å². The Morgan fingerprint density at radius 2 is 2.22 bits per heavy atom. The Balaban J connectivity index is 0.000000640. The fraction of sp³-hybridized carbons (Fsp3) is 0.200. The van der Waals surface area contributed by atoms with Gasteiger partial charge in [-0.1, -0.05) is 11.6 Å². The van der Waals surface area contributed by atoms with Crippen molar-refractivity contribution in [3.8, 4) is 0 Å². The summed E-state index contributed by atoms with van der Waals surface area (Å²) in [6.45, 7) is 0.595. The summed E-state index contributed by atoms with van der Waals surface area (Å²) in [5.74, 6) is 0. The Labute approximate surface area is 69.2 Å². The van der Waals surface area contributed by atoms with Crippen molar-refractivity contribution in [2.75, 3.05) is 0 Å². The molecule has 0 aliphatic carbocycles. The average Bonchev–Trinajstić information content (AvgIpc) is 2.14. The molecule has 1 aromatic heterocycles. The molecule has 0 bridgehead atoms. The second kappa shape index (κ2) is 4.12. The highest BCUT2D eigenvalue weighted by Crippen LogP contribution is 2.20. The van der Waals surface area contributed by atoms with Crippen molar-refractivity contribution in [3.63, 3.8) is 0 Å². The van der Waals surface area contributed by atoms with Crippen LogP contribution in [0.3, 0.4) is 0 Å². The van der Waals surface area contributed by atoms with E-state index in [2.05, 4.69) is 0 Å². The van der Waals surface area contributed by atoms with Crippen LogP contribution in [0, 0.1) is 0 Å². The van der Waals surface area contributed by atoms with E-state index >= 15 is 0 Å². The van der Waals surface area contributed by atoms with E-state index in [1.807, 2.05) is 12.1 Å². The van der Waals surface area contributed by atoms with Crippen molar-refractivity contribution >= 4 is 35.3 Å². The first-order valence-electron chi connectivity index (χ1n) is 2.27. The van der Waals surface area contributed by atoms with Crippen LogP contribution in [0.1, 0.15) is 4.88 Å². The number of hydrogen-bond acceptors (Lipinski definition) is 2. The van der Waals surface area contributed by atoms with E-state index in [4.69, 9.17) is 17.3 Å². The predicted octanol–water partition coefficient (Wildman–Crippen LogP) is 2.28. The monoisotopic (exact) mass is 183 g/mol. The van der Waals surface area contributed by atoms with Gasteiger partial charge >= 0.3 is 0 Å². The summed E-state index contributed by atoms with van der Waals surface area (Å²) in [7, 11) is 0. The molecule has 0 aliphatic heterocycles. The summed E-state index contributed by atoms with van der Waals surface area (Å²) < 4.78 is 0.811. The molecule has 0 saturated heterocycles. The van der Waals surface area contributed by atoms with Gasteiger partial charge in [0.05, 0.1) is 4.34 Å². The third-order valence-electron chi connectivity index (χ3n) is 0.830. The van der Waals surface area contributed by atoms with E-state index in [1.54, 1.807) is 0 Å². The van der Waals surface area contributed by atoms with Gasteiger partial charge in [0.15, 0.2) is 0 Å². The van der Waals surface area contributed by atoms with Crippen LogP contribution in [0.25, 0.3) is 0 Å². The van der Waals surface area contributed by atoms with E-state index in [0.29, 0.717) is 6.54 Å². The number of hydrogen-bond donors (Lipinski definition) is 1. The van der Waals surface area contributed by atoms with Gasteiger partial charge in [0.25, 0.3) is 0 Å². The summed E-state index contributed by atoms with van der Waals surface area (Å²) in [5.41, 5.74) is 5.31. The predicted molar refractivity (Wildman–Crippen MR) is 44.5 cm³/mol. The lowest BCUT2D eigenvalue weighted by Gasteiger charge is -1.80. The van der Waals surface area contributed by atoms with Gasteiger partial charge in [-0.3, -0.25) is 0 Å². The molecule has 0 aromatic carbocycles. The van der Waals surface area contributed by atoms with Gasteiger partial charge in [-0.05, 0) is 12.1 Å². The maximum atomic E-state index is 5.60. The highest BCUT2D eigenvalue weighted by atomic mass is 35.5. The minimum absolute atomic E-state index is 0. The molecule has 0 aliphatic rings. The van der Waals surface area contributed by atoms with Crippen LogP contribution >= 0.6 is 35.3 Å². The van der Waals surface area contributed by atoms with Gasteiger partial charge in [0.2, 0.25) is 0 Å². The van der Waals surface area contributed by atoms with Gasteiger partial charge in [-0.15, -0.1) is 23.7 Å². The molecular weight excluding hydrogens is 177 g/mol. The summed E-state index contributed by atoms with van der Waals surface area (Å²) in [6.07, 6.45) is 0. The zero-order valence-electron chi connectivity index (χ0n) is 4.63. The van der Waals surface area contributed by atoms with E-state index in [1.165, 1.54) is 11.3 Å². The fourth-order valence-corrected chi connectivity index (χ4v) is 1.43. The fourth-order valence-electron chi connectivity index (χ4n) is 0.461. The van der Waals surface area contributed by atoms with Crippen molar-refractivity contribution < 1.29 is 0 Å². The largest absolute Gasteiger partial charge is 0.326 e. The third kappa shape index (κ3) is 2.54. The minimum atomic E-state index is 0. The summed E-state index contributed by atoms with van der Waals surface area (Å²) in [6, 6.07) is 3.79. The molecule has 0 unspecified atom stereocenters. The second-order valence-electron chi connectivity index (χ2n) is 1.41. The standard InChI is InChI=1S/C5H6ClNS.ClH/c6-5-2-1-4(3-7)8-5;/h1-2H,3,7H2;1H. The maximum Gasteiger partial charge on any atom is 0.0931 e. The number of halogens is 2. The van der Waals surface area contributed by atoms with Crippen molar-refractivity contribution in [1.82, 2.24) is 0 Å². The van der Waals surface area contributed by atoms with Crippen molar-refractivity contribution in [2.24, 2.45) is 5.73 Å². The molecule has 0 fully saturated rings. The molecular formula is C5H7Cl2NS. The Morgan fingerprint density at radius 3 is 2.44 bits per heavy atom. The first kappa shape index (κ1) is 9.24. The molecule has 0 atom stereocenters. The molecule has 52 valence electrons. The van der Waals surface area contributed by atoms with E-state index in [-0.39, 0.29) is 12.4 Å². The Kier molecular flexibility index (Phi) is 4.23. The van der Waals surface area contributed by atoms with Crippen molar-refractivity contribution in [2.45, 2.75) is 6.54 Å². The molecule has 4 heteroatoms. The molecule has 0 spiro atoms. The minimum Gasteiger partial charge on any atom is -0.326 e. The lowest BCUT2D eigenvalue weighted by Crippen LogP contribution is -1.90. The topological polar surface area (TPSA) is 26.0 Å². The van der Waals surface area contributed by atoms with E-state index in [0.717, 1.165) is 9.21 Å². The molecule has 9 heavy (non-hydrogen) atoms. The smallest absolute Gasteiger partial charge is 0.0931 e. The van der Waals surface area contributed by atoms with Crippen LogP contribution < -0.4 is 5.73 Å². The molecule has 0 amide bonds. The molecule has 0 saturated carbocycles. The van der Waals surface area contributed by atoms with Crippen LogP contribution in [0.4, 0.5) is 0 Å². The van der Waals surface area contributed by atoms with E-state index < -0.39 is 0 Å². The zero-order valence-corrected chi connectivity index (χ0v) is 7.02. The van der Waals surface area contributed by atoms with Crippen LogP contribution in [0.15, 0.2) is 12.1 Å². The summed E-state index contributed by atoms with van der Waals surface area (Å²) >= 11 is 7.13. The number of thiophene rings is 1. The highest BCUT2D eigenvalue weighted by Gasteiger charge is 1.91. The molecule has 1 heterocycles. The average molecular weight is 184 g/mol. The summed E-state index contributed by atoms with van der Waals surface area (Å²) in [4.78, 5) is 1.13. The second-order valence-corrected chi connectivity index (χ2v) is 3.21. The lowest BCUT2D eigenvalue weighted by molar-refractivity contribution is 1.11. The molecule has 2 N–H and O–H groups in total. The van der Waals surface area contributed by atoms with Crippen molar-refractivity contribution in [3.05, 3.63) is 21.3 Å². The highest BCUT2D eigenvalue weighted by molar-refractivity contribution is 7.16. The maximum absolute atomic E-state index is 5.60. The Hall–Kier alpha value is 0.240. The molecule has 1 nitrogen and oxygen atoms in total. The van der Waals surface area contributed by atoms with Gasteiger partial charge in [-0.2, -0.15) is 0 Å². The van der Waals surface area contributed by atoms with Crippen LogP contribution in [-0.2, 0) is 6.54 Å². The van der Waals surface area contributed by atoms with Crippen molar-refractivity contribution in [1.29, 1.82) is 0 Å². The van der Waals surface area contributed by atoms with E-state index in [9.17, 15) is 0 Å². The van der Waals surface area contributed by atoms with Gasteiger partial charge < -0.3 is 5.73 Å².